The van der Waals surface area contributed by atoms with E-state index in [2.05, 4.69) is 15.5 Å². The SMILES string of the molecule is CCC(=O)N1CCN(c2ccc(Cl)cc2NC(=S)NC(=O)c2ccc(-c3cccc(Cl)c3Cl)o2)CC1. The Bertz CT molecular complexity index is 1310. The Morgan fingerprint density at radius 3 is 2.50 bits per heavy atom. The molecule has 0 aliphatic carbocycles. The summed E-state index contributed by atoms with van der Waals surface area (Å²) < 4.78 is 5.69. The molecule has 0 unspecified atom stereocenters. The van der Waals surface area contributed by atoms with E-state index >= 15 is 0 Å². The van der Waals surface area contributed by atoms with Gasteiger partial charge < -0.3 is 19.5 Å². The molecule has 1 saturated heterocycles. The van der Waals surface area contributed by atoms with Crippen molar-refractivity contribution in [1.29, 1.82) is 0 Å². The molecule has 3 aromatic rings. The molecule has 1 aromatic heterocycles. The van der Waals surface area contributed by atoms with Gasteiger partial charge in [0.1, 0.15) is 5.76 Å². The van der Waals surface area contributed by atoms with Crippen LogP contribution in [0.4, 0.5) is 11.4 Å². The molecule has 0 bridgehead atoms. The zero-order chi connectivity index (χ0) is 25.8. The van der Waals surface area contributed by atoms with Crippen molar-refractivity contribution in [3.05, 3.63) is 69.4 Å². The first-order valence-electron chi connectivity index (χ1n) is 11.3. The van der Waals surface area contributed by atoms with Crippen LogP contribution < -0.4 is 15.5 Å². The molecule has 0 saturated carbocycles. The highest BCUT2D eigenvalue weighted by Gasteiger charge is 2.23. The number of thiocarbonyl (C=S) groups is 1. The average Bonchev–Trinajstić information content (AvgIpc) is 3.36. The van der Waals surface area contributed by atoms with Gasteiger partial charge in [0.25, 0.3) is 5.91 Å². The van der Waals surface area contributed by atoms with Crippen molar-refractivity contribution in [2.24, 2.45) is 0 Å². The zero-order valence-electron chi connectivity index (χ0n) is 19.3. The van der Waals surface area contributed by atoms with Crippen molar-refractivity contribution < 1.29 is 14.0 Å². The van der Waals surface area contributed by atoms with Gasteiger partial charge in [-0.1, -0.05) is 47.8 Å². The highest BCUT2D eigenvalue weighted by Crippen LogP contribution is 2.34. The molecule has 188 valence electrons. The van der Waals surface area contributed by atoms with Crippen LogP contribution in [-0.4, -0.2) is 48.0 Å². The van der Waals surface area contributed by atoms with Gasteiger partial charge in [-0.25, -0.2) is 0 Å². The number of amides is 2. The highest BCUT2D eigenvalue weighted by atomic mass is 35.5. The smallest absolute Gasteiger partial charge is 0.293 e. The summed E-state index contributed by atoms with van der Waals surface area (Å²) in [6.45, 7) is 4.46. The maximum Gasteiger partial charge on any atom is 0.293 e. The fourth-order valence-electron chi connectivity index (χ4n) is 3.92. The molecule has 36 heavy (non-hydrogen) atoms. The number of hydrogen-bond donors (Lipinski definition) is 2. The summed E-state index contributed by atoms with van der Waals surface area (Å²) >= 11 is 24.0. The van der Waals surface area contributed by atoms with Crippen molar-refractivity contribution in [2.45, 2.75) is 13.3 Å². The summed E-state index contributed by atoms with van der Waals surface area (Å²) in [6, 6.07) is 13.8. The number of nitrogens with zero attached hydrogens (tertiary/aromatic N) is 2. The van der Waals surface area contributed by atoms with E-state index in [0.717, 1.165) is 5.69 Å². The standard InChI is InChI=1S/C25H23Cl3N4O3S/c1-2-22(33)32-12-10-31(11-13-32)19-7-6-15(26)14-18(19)29-25(36)30-24(34)21-9-8-20(35-21)16-4-3-5-17(27)23(16)28/h3-9,14H,2,10-13H2,1H3,(H2,29,30,34,36). The number of carbonyl (C=O) groups excluding carboxylic acids is 2. The molecule has 11 heteroatoms. The second kappa shape index (κ2) is 11.5. The summed E-state index contributed by atoms with van der Waals surface area (Å²) in [6.07, 6.45) is 0.491. The Hall–Kier alpha value is -2.78. The Balaban J connectivity index is 1.43. The van der Waals surface area contributed by atoms with Crippen molar-refractivity contribution in [3.63, 3.8) is 0 Å². The summed E-state index contributed by atoms with van der Waals surface area (Å²) in [7, 11) is 0. The fourth-order valence-corrected chi connectivity index (χ4v) is 4.69. The maximum absolute atomic E-state index is 12.8. The Morgan fingerprint density at radius 1 is 1.03 bits per heavy atom. The predicted octanol–water partition coefficient (Wildman–Crippen LogP) is 6.09. The van der Waals surface area contributed by atoms with Crippen molar-refractivity contribution >= 4 is 75.3 Å². The molecular formula is C25H23Cl3N4O3S. The number of piperazine rings is 1. The second-order valence-electron chi connectivity index (χ2n) is 8.06. The summed E-state index contributed by atoms with van der Waals surface area (Å²) in [5.74, 6) is 0.0939. The Labute approximate surface area is 229 Å². The number of hydrogen-bond acceptors (Lipinski definition) is 5. The largest absolute Gasteiger partial charge is 0.451 e. The number of nitrogens with one attached hydrogen (secondary N) is 2. The number of benzene rings is 2. The molecule has 7 nitrogen and oxygen atoms in total. The number of rotatable bonds is 5. The summed E-state index contributed by atoms with van der Waals surface area (Å²) in [5, 5.41) is 7.02. The van der Waals surface area contributed by atoms with E-state index < -0.39 is 5.91 Å². The molecule has 2 aromatic carbocycles. The van der Waals surface area contributed by atoms with Crippen LogP contribution in [0.5, 0.6) is 0 Å². The molecule has 1 fully saturated rings. The van der Waals surface area contributed by atoms with Crippen LogP contribution in [0.3, 0.4) is 0 Å². The first kappa shape index (κ1) is 26.3. The van der Waals surface area contributed by atoms with E-state index in [9.17, 15) is 9.59 Å². The van der Waals surface area contributed by atoms with E-state index in [4.69, 9.17) is 51.4 Å². The lowest BCUT2D eigenvalue weighted by atomic mass is 10.2. The topological polar surface area (TPSA) is 77.8 Å². The van der Waals surface area contributed by atoms with E-state index in [1.165, 1.54) is 6.07 Å². The molecule has 2 N–H and O–H groups in total. The van der Waals surface area contributed by atoms with Crippen LogP contribution in [0.15, 0.2) is 52.9 Å². The molecule has 1 aliphatic heterocycles. The van der Waals surface area contributed by atoms with E-state index in [1.807, 2.05) is 17.9 Å². The van der Waals surface area contributed by atoms with Gasteiger partial charge in [0, 0.05) is 43.2 Å². The maximum atomic E-state index is 12.8. The zero-order valence-corrected chi connectivity index (χ0v) is 22.4. The quantitative estimate of drug-likeness (QED) is 0.365. The molecule has 2 heterocycles. The van der Waals surface area contributed by atoms with Crippen LogP contribution >= 0.6 is 47.0 Å². The van der Waals surface area contributed by atoms with Gasteiger partial charge in [0.15, 0.2) is 10.9 Å². The second-order valence-corrected chi connectivity index (χ2v) is 9.69. The number of anilines is 2. The monoisotopic (exact) mass is 564 g/mol. The van der Waals surface area contributed by atoms with Crippen molar-refractivity contribution in [2.75, 3.05) is 36.4 Å². The molecule has 2 amide bonds. The first-order chi connectivity index (χ1) is 17.3. The van der Waals surface area contributed by atoms with Crippen LogP contribution in [-0.2, 0) is 4.79 Å². The van der Waals surface area contributed by atoms with Gasteiger partial charge in [-0.05, 0) is 54.7 Å². The summed E-state index contributed by atoms with van der Waals surface area (Å²) in [5.41, 5.74) is 2.10. The van der Waals surface area contributed by atoms with Gasteiger partial charge in [-0.15, -0.1) is 0 Å². The molecular weight excluding hydrogens is 543 g/mol. The molecule has 1 aliphatic rings. The van der Waals surface area contributed by atoms with Crippen LogP contribution in [0.1, 0.15) is 23.9 Å². The van der Waals surface area contributed by atoms with E-state index in [-0.39, 0.29) is 16.8 Å². The lowest BCUT2D eigenvalue weighted by Crippen LogP contribution is -2.48. The average molecular weight is 566 g/mol. The third kappa shape index (κ3) is 5.95. The van der Waals surface area contributed by atoms with Gasteiger partial charge in [-0.3, -0.25) is 14.9 Å². The fraction of sp³-hybridized carbons (Fsp3) is 0.240. The lowest BCUT2D eigenvalue weighted by Gasteiger charge is -2.37. The van der Waals surface area contributed by atoms with Crippen LogP contribution in [0.2, 0.25) is 15.1 Å². The Kier molecular flexibility index (Phi) is 8.41. The molecule has 0 spiro atoms. The minimum absolute atomic E-state index is 0.0632. The van der Waals surface area contributed by atoms with Crippen molar-refractivity contribution in [1.82, 2.24) is 10.2 Å². The van der Waals surface area contributed by atoms with Gasteiger partial charge in [0.2, 0.25) is 5.91 Å². The van der Waals surface area contributed by atoms with Gasteiger partial charge in [-0.2, -0.15) is 0 Å². The van der Waals surface area contributed by atoms with Gasteiger partial charge >= 0.3 is 0 Å². The molecule has 0 atom stereocenters. The normalized spacial score (nSPS) is 13.4. The highest BCUT2D eigenvalue weighted by molar-refractivity contribution is 7.80. The number of furan rings is 1. The van der Waals surface area contributed by atoms with E-state index in [1.54, 1.807) is 36.4 Å². The minimum atomic E-state index is -0.521. The Morgan fingerprint density at radius 2 is 1.78 bits per heavy atom. The molecule has 4 rings (SSSR count). The van der Waals surface area contributed by atoms with Gasteiger partial charge in [0.05, 0.1) is 21.4 Å². The molecule has 0 radical (unpaired) electrons. The predicted molar refractivity (Wildman–Crippen MR) is 148 cm³/mol. The van der Waals surface area contributed by atoms with Crippen LogP contribution in [0, 0.1) is 0 Å². The third-order valence-electron chi connectivity index (χ3n) is 5.76. The summed E-state index contributed by atoms with van der Waals surface area (Å²) in [4.78, 5) is 28.8. The van der Waals surface area contributed by atoms with E-state index in [0.29, 0.717) is 64.7 Å². The lowest BCUT2D eigenvalue weighted by molar-refractivity contribution is -0.131. The van der Waals surface area contributed by atoms with Crippen molar-refractivity contribution in [3.8, 4) is 11.3 Å². The number of carbonyl (C=O) groups is 2. The number of halogens is 3. The first-order valence-corrected chi connectivity index (χ1v) is 12.8. The third-order valence-corrected chi connectivity index (χ3v) is 7.01. The van der Waals surface area contributed by atoms with Crippen LogP contribution in [0.25, 0.3) is 11.3 Å². The minimum Gasteiger partial charge on any atom is -0.451 e.